The molecule has 4 aromatic carbocycles. The van der Waals surface area contributed by atoms with Gasteiger partial charge >= 0.3 is 11.9 Å². The number of aryl methyl sites for hydroxylation is 2. The van der Waals surface area contributed by atoms with Gasteiger partial charge in [-0.25, -0.2) is 4.99 Å². The van der Waals surface area contributed by atoms with E-state index in [-0.39, 0.29) is 22.4 Å². The highest BCUT2D eigenvalue weighted by molar-refractivity contribution is 8.19. The van der Waals surface area contributed by atoms with Crippen molar-refractivity contribution in [3.05, 3.63) is 121 Å². The molecule has 0 atom stereocenters. The molecule has 0 unspecified atom stereocenters. The van der Waals surface area contributed by atoms with E-state index in [2.05, 4.69) is 0 Å². The summed E-state index contributed by atoms with van der Waals surface area (Å²) in [4.78, 5) is 30.8. The predicted molar refractivity (Wildman–Crippen MR) is 169 cm³/mol. The van der Waals surface area contributed by atoms with Gasteiger partial charge in [0.2, 0.25) is 5.75 Å². The lowest BCUT2D eigenvalue weighted by atomic mass is 10.1. The van der Waals surface area contributed by atoms with Gasteiger partial charge < -0.3 is 9.47 Å². The van der Waals surface area contributed by atoms with Gasteiger partial charge in [0.05, 0.1) is 38.9 Å². The van der Waals surface area contributed by atoms with Gasteiger partial charge in [-0.3, -0.25) is 19.8 Å². The van der Waals surface area contributed by atoms with Gasteiger partial charge in [-0.1, -0.05) is 47.0 Å². The van der Waals surface area contributed by atoms with Crippen LogP contribution in [0.4, 0.5) is 30.2 Å². The van der Waals surface area contributed by atoms with Gasteiger partial charge in [0, 0.05) is 6.07 Å². The van der Waals surface area contributed by atoms with Crippen LogP contribution < -0.4 is 14.4 Å². The van der Waals surface area contributed by atoms with Crippen molar-refractivity contribution in [1.82, 2.24) is 0 Å². The Morgan fingerprint density at radius 2 is 1.60 bits per heavy atom. The molecule has 230 valence electrons. The molecule has 1 heterocycles. The second-order valence-electron chi connectivity index (χ2n) is 9.89. The zero-order valence-electron chi connectivity index (χ0n) is 23.9. The first-order valence-electron chi connectivity index (χ1n) is 13.2. The fourth-order valence-corrected chi connectivity index (χ4v) is 5.56. The van der Waals surface area contributed by atoms with Crippen molar-refractivity contribution in [3.63, 3.8) is 0 Å². The number of halogens is 4. The number of benzene rings is 4. The number of thioether (sulfide) groups is 1. The van der Waals surface area contributed by atoms with Crippen molar-refractivity contribution < 1.29 is 32.4 Å². The SMILES string of the molecule is COc1cc(/C=C2\SC(=Nc3ccc(C)cc3)N(c3ccc(C)cc3)C2=O)cc(Cl)c1Oc1ccc(C(F)(F)F)cc1[N+](=O)[O-]. The number of anilines is 1. The second kappa shape index (κ2) is 12.7. The summed E-state index contributed by atoms with van der Waals surface area (Å²) in [5.41, 5.74) is 1.71. The number of amidine groups is 1. The van der Waals surface area contributed by atoms with Crippen LogP contribution in [0, 0.1) is 24.0 Å². The maximum atomic E-state index is 13.7. The summed E-state index contributed by atoms with van der Waals surface area (Å²) in [5.74, 6) is -0.919. The minimum Gasteiger partial charge on any atom is -0.493 e. The van der Waals surface area contributed by atoms with Crippen LogP contribution >= 0.6 is 23.4 Å². The average molecular weight is 654 g/mol. The summed E-state index contributed by atoms with van der Waals surface area (Å²) in [6.45, 7) is 3.90. The summed E-state index contributed by atoms with van der Waals surface area (Å²) in [5, 5.41) is 11.9. The van der Waals surface area contributed by atoms with Crippen molar-refractivity contribution in [2.24, 2.45) is 4.99 Å². The molecule has 0 spiro atoms. The normalized spacial score (nSPS) is 15.2. The minimum atomic E-state index is -4.79. The summed E-state index contributed by atoms with van der Waals surface area (Å²) in [6, 6.07) is 19.8. The van der Waals surface area contributed by atoms with Crippen LogP contribution in [0.3, 0.4) is 0 Å². The van der Waals surface area contributed by atoms with Gasteiger partial charge in [-0.2, -0.15) is 13.2 Å². The highest BCUT2D eigenvalue weighted by Gasteiger charge is 2.36. The summed E-state index contributed by atoms with van der Waals surface area (Å²) in [7, 11) is 1.30. The lowest BCUT2D eigenvalue weighted by Gasteiger charge is -2.16. The monoisotopic (exact) mass is 653 g/mol. The fourth-order valence-electron chi connectivity index (χ4n) is 4.31. The molecule has 1 fully saturated rings. The molecular weight excluding hydrogens is 631 g/mol. The number of alkyl halides is 3. The van der Waals surface area contributed by atoms with E-state index in [9.17, 15) is 28.1 Å². The standard InChI is InChI=1S/C32H23ClF3N3O5S/c1-18-4-9-22(10-5-18)37-31-38(23-11-6-19(2)7-12-23)30(40)28(45-31)16-20-14-24(33)29(27(15-20)43-3)44-26-13-8-21(32(34,35)36)17-25(26)39(41)42/h4-17H,1-3H3/b28-16-,37-31?. The van der Waals surface area contributed by atoms with E-state index < -0.39 is 28.1 Å². The zero-order valence-corrected chi connectivity index (χ0v) is 25.5. The maximum Gasteiger partial charge on any atom is 0.416 e. The molecule has 0 aromatic heterocycles. The van der Waals surface area contributed by atoms with Crippen LogP contribution in [-0.4, -0.2) is 23.1 Å². The van der Waals surface area contributed by atoms with E-state index in [0.717, 1.165) is 29.0 Å². The van der Waals surface area contributed by atoms with Gasteiger partial charge in [-0.05, 0) is 85.8 Å². The first kappa shape index (κ1) is 31.6. The van der Waals surface area contributed by atoms with Crippen molar-refractivity contribution in [2.75, 3.05) is 12.0 Å². The molecule has 1 saturated heterocycles. The average Bonchev–Trinajstić information content (AvgIpc) is 3.29. The molecule has 4 aromatic rings. The first-order valence-corrected chi connectivity index (χ1v) is 14.4. The number of rotatable bonds is 7. The first-order chi connectivity index (χ1) is 21.3. The number of aliphatic imine (C=N–C) groups is 1. The van der Waals surface area contributed by atoms with Crippen LogP contribution in [-0.2, 0) is 11.0 Å². The molecule has 1 aliphatic rings. The fraction of sp³-hybridized carbons (Fsp3) is 0.125. The molecule has 13 heteroatoms. The molecule has 0 N–H and O–H groups in total. The van der Waals surface area contributed by atoms with E-state index in [1.165, 1.54) is 24.1 Å². The third kappa shape index (κ3) is 6.97. The molecule has 0 radical (unpaired) electrons. The number of hydrogen-bond donors (Lipinski definition) is 0. The molecular formula is C32H23ClF3N3O5S. The number of carbonyl (C=O) groups is 1. The maximum absolute atomic E-state index is 13.7. The van der Waals surface area contributed by atoms with Gasteiger partial charge in [0.1, 0.15) is 0 Å². The van der Waals surface area contributed by atoms with Crippen LogP contribution in [0.5, 0.6) is 17.2 Å². The van der Waals surface area contributed by atoms with Crippen molar-refractivity contribution in [3.8, 4) is 17.2 Å². The third-order valence-electron chi connectivity index (χ3n) is 6.60. The Kier molecular flexibility index (Phi) is 8.89. The van der Waals surface area contributed by atoms with Crippen molar-refractivity contribution in [2.45, 2.75) is 20.0 Å². The Balaban J connectivity index is 1.51. The number of nitrogens with zero attached hydrogens (tertiary/aromatic N) is 3. The third-order valence-corrected chi connectivity index (χ3v) is 7.85. The molecule has 0 saturated carbocycles. The quantitative estimate of drug-likeness (QED) is 0.112. The van der Waals surface area contributed by atoms with Crippen LogP contribution in [0.25, 0.3) is 6.08 Å². The number of hydrogen-bond acceptors (Lipinski definition) is 7. The summed E-state index contributed by atoms with van der Waals surface area (Å²) >= 11 is 7.66. The molecule has 5 rings (SSSR count). The molecule has 45 heavy (non-hydrogen) atoms. The van der Waals surface area contributed by atoms with Gasteiger partial charge in [-0.15, -0.1) is 0 Å². The molecule has 0 bridgehead atoms. The molecule has 1 amide bonds. The molecule has 0 aliphatic carbocycles. The van der Waals surface area contributed by atoms with E-state index in [1.807, 2.05) is 62.4 Å². The number of nitro groups is 1. The van der Waals surface area contributed by atoms with Gasteiger partial charge in [0.15, 0.2) is 16.7 Å². The Morgan fingerprint density at radius 1 is 0.956 bits per heavy atom. The van der Waals surface area contributed by atoms with Gasteiger partial charge in [0.25, 0.3) is 5.91 Å². The van der Waals surface area contributed by atoms with E-state index >= 15 is 0 Å². The van der Waals surface area contributed by atoms with Crippen molar-refractivity contribution >= 4 is 57.6 Å². The van der Waals surface area contributed by atoms with E-state index in [4.69, 9.17) is 26.1 Å². The Labute approximate surface area is 264 Å². The Bertz CT molecular complexity index is 1860. The zero-order chi connectivity index (χ0) is 32.5. The smallest absolute Gasteiger partial charge is 0.416 e. The number of nitro benzene ring substituents is 1. The van der Waals surface area contributed by atoms with Crippen LogP contribution in [0.2, 0.25) is 5.02 Å². The lowest BCUT2D eigenvalue weighted by molar-refractivity contribution is -0.385. The lowest BCUT2D eigenvalue weighted by Crippen LogP contribution is -2.28. The number of amides is 1. The Hall–Kier alpha value is -4.81. The van der Waals surface area contributed by atoms with Crippen LogP contribution in [0.15, 0.2) is 88.8 Å². The highest BCUT2D eigenvalue weighted by Crippen LogP contribution is 2.45. The molecule has 8 nitrogen and oxygen atoms in total. The van der Waals surface area contributed by atoms with E-state index in [1.54, 1.807) is 6.08 Å². The number of carbonyl (C=O) groups excluding carboxylic acids is 1. The molecule has 1 aliphatic heterocycles. The van der Waals surface area contributed by atoms with Crippen LogP contribution in [0.1, 0.15) is 22.3 Å². The minimum absolute atomic E-state index is 0.0305. The second-order valence-corrected chi connectivity index (χ2v) is 11.3. The highest BCUT2D eigenvalue weighted by atomic mass is 35.5. The summed E-state index contributed by atoms with van der Waals surface area (Å²) < 4.78 is 50.5. The van der Waals surface area contributed by atoms with E-state index in [0.29, 0.717) is 39.1 Å². The largest absolute Gasteiger partial charge is 0.493 e. The number of ether oxygens (including phenoxy) is 2. The van der Waals surface area contributed by atoms with Crippen molar-refractivity contribution in [1.29, 1.82) is 0 Å². The summed E-state index contributed by atoms with van der Waals surface area (Å²) in [6.07, 6.45) is -3.20. The number of methoxy groups -OCH3 is 1. The predicted octanol–water partition coefficient (Wildman–Crippen LogP) is 9.49. The Morgan fingerprint density at radius 3 is 2.20 bits per heavy atom. The topological polar surface area (TPSA) is 94.3 Å².